The summed E-state index contributed by atoms with van der Waals surface area (Å²) in [7, 11) is 1.55. The molecule has 0 radical (unpaired) electrons. The zero-order valence-corrected chi connectivity index (χ0v) is 9.88. The highest BCUT2D eigenvalue weighted by Crippen LogP contribution is 2.19. The number of aliphatic hydroxyl groups excluding tert-OH is 2. The van der Waals surface area contributed by atoms with Crippen LogP contribution >= 0.6 is 0 Å². The predicted molar refractivity (Wildman–Crippen MR) is 62.6 cm³/mol. The monoisotopic (exact) mass is 239 g/mol. The van der Waals surface area contributed by atoms with Crippen LogP contribution in [0.1, 0.15) is 18.6 Å². The molecule has 0 aliphatic rings. The largest absolute Gasteiger partial charge is 0.497 e. The maximum absolute atomic E-state index is 10.7. The topological polar surface area (TPSA) is 78.8 Å². The van der Waals surface area contributed by atoms with E-state index in [1.807, 2.05) is 0 Å². The van der Waals surface area contributed by atoms with Gasteiger partial charge in [-0.2, -0.15) is 0 Å². The minimum atomic E-state index is -1.03. The number of carbonyl (C=O) groups excluding carboxylic acids is 1. The number of rotatable bonds is 5. The van der Waals surface area contributed by atoms with Crippen LogP contribution in [0.5, 0.6) is 5.75 Å². The maximum Gasteiger partial charge on any atom is 0.216 e. The molecule has 0 heterocycles. The van der Waals surface area contributed by atoms with Crippen LogP contribution < -0.4 is 10.1 Å². The highest BCUT2D eigenvalue weighted by Gasteiger charge is 2.18. The summed E-state index contributed by atoms with van der Waals surface area (Å²) >= 11 is 0. The summed E-state index contributed by atoms with van der Waals surface area (Å²) in [4.78, 5) is 10.7. The number of aliphatic hydroxyl groups is 2. The van der Waals surface area contributed by atoms with Gasteiger partial charge in [-0.05, 0) is 17.7 Å². The Morgan fingerprint density at radius 1 is 1.35 bits per heavy atom. The van der Waals surface area contributed by atoms with Crippen molar-refractivity contribution >= 4 is 5.91 Å². The molecule has 0 aliphatic heterocycles. The lowest BCUT2D eigenvalue weighted by atomic mass is 10.0. The van der Waals surface area contributed by atoms with Crippen molar-refractivity contribution in [2.45, 2.75) is 19.1 Å². The summed E-state index contributed by atoms with van der Waals surface area (Å²) in [6, 6.07) is 6.73. The van der Waals surface area contributed by atoms with Crippen LogP contribution in [0.4, 0.5) is 0 Å². The Labute approximate surface area is 100 Å². The number of nitrogens with one attached hydrogen (secondary N) is 1. The molecule has 0 saturated carbocycles. The lowest BCUT2D eigenvalue weighted by Gasteiger charge is -2.18. The quantitative estimate of drug-likeness (QED) is 0.687. The average Bonchev–Trinajstić information content (AvgIpc) is 2.35. The number of hydrogen-bond donors (Lipinski definition) is 3. The highest BCUT2D eigenvalue weighted by molar-refractivity contribution is 5.72. The van der Waals surface area contributed by atoms with E-state index in [1.54, 1.807) is 31.4 Å². The van der Waals surface area contributed by atoms with Crippen molar-refractivity contribution in [3.05, 3.63) is 29.8 Å². The van der Waals surface area contributed by atoms with E-state index in [2.05, 4.69) is 5.32 Å². The zero-order chi connectivity index (χ0) is 12.8. The number of carbonyl (C=O) groups is 1. The van der Waals surface area contributed by atoms with Crippen molar-refractivity contribution in [3.63, 3.8) is 0 Å². The Balaban J connectivity index is 2.60. The average molecular weight is 239 g/mol. The molecular formula is C12H17NO4. The summed E-state index contributed by atoms with van der Waals surface area (Å²) in [5.74, 6) is 0.434. The van der Waals surface area contributed by atoms with Gasteiger partial charge in [0.1, 0.15) is 18.0 Å². The van der Waals surface area contributed by atoms with Gasteiger partial charge in [-0.15, -0.1) is 0 Å². The van der Waals surface area contributed by atoms with Crippen LogP contribution in [-0.4, -0.2) is 35.9 Å². The van der Waals surface area contributed by atoms with Gasteiger partial charge in [0.15, 0.2) is 0 Å². The molecule has 2 atom stereocenters. The van der Waals surface area contributed by atoms with Crippen molar-refractivity contribution in [1.82, 2.24) is 5.32 Å². The van der Waals surface area contributed by atoms with Gasteiger partial charge in [0.2, 0.25) is 5.91 Å². The molecule has 1 aromatic carbocycles. The molecule has 0 aliphatic carbocycles. The molecule has 3 N–H and O–H groups in total. The van der Waals surface area contributed by atoms with Crippen LogP contribution in [0.25, 0.3) is 0 Å². The summed E-state index contributed by atoms with van der Waals surface area (Å²) in [5.41, 5.74) is 0.573. The van der Waals surface area contributed by atoms with Crippen molar-refractivity contribution in [3.8, 4) is 5.75 Å². The first-order valence-corrected chi connectivity index (χ1v) is 5.29. The Kier molecular flexibility index (Phi) is 4.93. The number of ether oxygens (including phenoxy) is 1. The Morgan fingerprint density at radius 2 is 1.94 bits per heavy atom. The summed E-state index contributed by atoms with van der Waals surface area (Å²) in [6.07, 6.45) is -2.07. The van der Waals surface area contributed by atoms with E-state index < -0.39 is 12.2 Å². The van der Waals surface area contributed by atoms with Gasteiger partial charge in [-0.3, -0.25) is 4.79 Å². The zero-order valence-electron chi connectivity index (χ0n) is 9.88. The molecule has 0 bridgehead atoms. The van der Waals surface area contributed by atoms with Gasteiger partial charge < -0.3 is 20.3 Å². The molecule has 1 rings (SSSR count). The lowest BCUT2D eigenvalue weighted by molar-refractivity contribution is -0.119. The van der Waals surface area contributed by atoms with Crippen LogP contribution in [0.15, 0.2) is 24.3 Å². The standard InChI is InChI=1S/C12H17NO4/c1-8(14)13-7-11(15)12(16)9-3-5-10(17-2)6-4-9/h3-6,11-12,15-16H,7H2,1-2H3,(H,13,14). The number of benzene rings is 1. The van der Waals surface area contributed by atoms with E-state index in [0.717, 1.165) is 0 Å². The molecule has 94 valence electrons. The fourth-order valence-corrected chi connectivity index (χ4v) is 1.38. The van der Waals surface area contributed by atoms with E-state index >= 15 is 0 Å². The SMILES string of the molecule is COc1ccc(C(O)C(O)CNC(C)=O)cc1. The molecule has 1 amide bonds. The van der Waals surface area contributed by atoms with Crippen molar-refractivity contribution in [2.24, 2.45) is 0 Å². The second-order valence-corrected chi connectivity index (χ2v) is 3.72. The maximum atomic E-state index is 10.7. The van der Waals surface area contributed by atoms with E-state index in [-0.39, 0.29) is 12.5 Å². The van der Waals surface area contributed by atoms with Gasteiger partial charge in [0.25, 0.3) is 0 Å². The van der Waals surface area contributed by atoms with Crippen molar-refractivity contribution < 1.29 is 19.7 Å². The molecule has 0 spiro atoms. The van der Waals surface area contributed by atoms with Crippen molar-refractivity contribution in [2.75, 3.05) is 13.7 Å². The third kappa shape index (κ3) is 4.05. The fraction of sp³-hybridized carbons (Fsp3) is 0.417. The molecule has 2 unspecified atom stereocenters. The van der Waals surface area contributed by atoms with Gasteiger partial charge in [-0.25, -0.2) is 0 Å². The normalized spacial score (nSPS) is 13.9. The van der Waals surface area contributed by atoms with Crippen LogP contribution in [0.3, 0.4) is 0 Å². The summed E-state index contributed by atoms with van der Waals surface area (Å²) in [5, 5.41) is 21.9. The predicted octanol–water partition coefficient (Wildman–Crippen LogP) is 0.226. The minimum absolute atomic E-state index is 0.0164. The van der Waals surface area contributed by atoms with E-state index in [9.17, 15) is 15.0 Å². The third-order valence-corrected chi connectivity index (χ3v) is 2.38. The molecule has 0 saturated heterocycles. The molecule has 0 fully saturated rings. The van der Waals surface area contributed by atoms with Crippen LogP contribution in [-0.2, 0) is 4.79 Å². The summed E-state index contributed by atoms with van der Waals surface area (Å²) < 4.78 is 4.99. The number of methoxy groups -OCH3 is 1. The van der Waals surface area contributed by atoms with E-state index in [4.69, 9.17) is 4.74 Å². The van der Waals surface area contributed by atoms with E-state index in [0.29, 0.717) is 11.3 Å². The molecular weight excluding hydrogens is 222 g/mol. The minimum Gasteiger partial charge on any atom is -0.497 e. The summed E-state index contributed by atoms with van der Waals surface area (Å²) in [6.45, 7) is 1.37. The second kappa shape index (κ2) is 6.22. The lowest BCUT2D eigenvalue weighted by Crippen LogP contribution is -2.34. The second-order valence-electron chi connectivity index (χ2n) is 3.72. The van der Waals surface area contributed by atoms with E-state index in [1.165, 1.54) is 6.92 Å². The molecule has 17 heavy (non-hydrogen) atoms. The first-order chi connectivity index (χ1) is 8.04. The van der Waals surface area contributed by atoms with Gasteiger partial charge in [-0.1, -0.05) is 12.1 Å². The highest BCUT2D eigenvalue weighted by atomic mass is 16.5. The van der Waals surface area contributed by atoms with Gasteiger partial charge >= 0.3 is 0 Å². The smallest absolute Gasteiger partial charge is 0.216 e. The van der Waals surface area contributed by atoms with Crippen LogP contribution in [0, 0.1) is 0 Å². The first-order valence-electron chi connectivity index (χ1n) is 5.29. The third-order valence-electron chi connectivity index (χ3n) is 2.38. The van der Waals surface area contributed by atoms with Gasteiger partial charge in [0, 0.05) is 13.5 Å². The number of hydrogen-bond acceptors (Lipinski definition) is 4. The molecule has 1 aromatic rings. The first kappa shape index (κ1) is 13.5. The Bertz CT molecular complexity index is 363. The Hall–Kier alpha value is -1.59. The molecule has 5 heteroatoms. The number of amides is 1. The van der Waals surface area contributed by atoms with Crippen molar-refractivity contribution in [1.29, 1.82) is 0 Å². The molecule has 5 nitrogen and oxygen atoms in total. The Morgan fingerprint density at radius 3 is 2.41 bits per heavy atom. The van der Waals surface area contributed by atoms with Crippen LogP contribution in [0.2, 0.25) is 0 Å². The fourth-order valence-electron chi connectivity index (χ4n) is 1.38. The van der Waals surface area contributed by atoms with Gasteiger partial charge in [0.05, 0.1) is 7.11 Å². The molecule has 0 aromatic heterocycles.